The first-order valence-corrected chi connectivity index (χ1v) is 16.9. The Labute approximate surface area is 321 Å². The third kappa shape index (κ3) is 6.72. The second kappa shape index (κ2) is 15.5. The smallest absolute Gasteiger partial charge is 0.504 e. The SMILES string of the molecule is CN1[CH-]N(c2[c-]c(N3[CH-]N(c4c(-c5ccccc5)cccc4-c4ccccc4)c4ccccc43)ccc2)c2ccccc21.[C-]#Cc1ccccc1.[Pt+4]. The van der Waals surface area contributed by atoms with Gasteiger partial charge in [0.15, 0.2) is 0 Å². The molecule has 4 nitrogen and oxygen atoms in total. The summed E-state index contributed by atoms with van der Waals surface area (Å²) in [7, 11) is 2.08. The van der Waals surface area contributed by atoms with E-state index in [4.69, 9.17) is 6.42 Å². The summed E-state index contributed by atoms with van der Waals surface area (Å²) in [6.45, 7) is 4.33. The zero-order valence-corrected chi connectivity index (χ0v) is 30.8. The van der Waals surface area contributed by atoms with Gasteiger partial charge in [0.2, 0.25) is 0 Å². The molecule has 52 heavy (non-hydrogen) atoms. The van der Waals surface area contributed by atoms with Gasteiger partial charge < -0.3 is 26.0 Å². The van der Waals surface area contributed by atoms with Gasteiger partial charge in [-0.25, -0.2) is 0 Å². The molecule has 2 aliphatic heterocycles. The molecule has 0 fully saturated rings. The molecule has 0 aliphatic carbocycles. The maximum Gasteiger partial charge on any atom is 4.00 e. The summed E-state index contributed by atoms with van der Waals surface area (Å²) in [6.07, 6.45) is 6.69. The number of anilines is 7. The number of hydrogen-bond donors (Lipinski definition) is 0. The van der Waals surface area contributed by atoms with Crippen molar-refractivity contribution < 1.29 is 21.1 Å². The second-order valence-corrected chi connectivity index (χ2v) is 12.3. The first kappa shape index (κ1) is 34.4. The van der Waals surface area contributed by atoms with Gasteiger partial charge in [-0.15, -0.1) is 53.9 Å². The fourth-order valence-electron chi connectivity index (χ4n) is 6.69. The predicted octanol–water partition coefficient (Wildman–Crippen LogP) is 11.6. The molecule has 0 aromatic heterocycles. The number of nitrogens with zero attached hydrogens (tertiary/aromatic N) is 4. The van der Waals surface area contributed by atoms with Crippen molar-refractivity contribution in [3.63, 3.8) is 0 Å². The van der Waals surface area contributed by atoms with Crippen LogP contribution >= 0.6 is 0 Å². The third-order valence-electron chi connectivity index (χ3n) is 9.09. The number of para-hydroxylation sites is 5. The van der Waals surface area contributed by atoms with Crippen LogP contribution in [-0.2, 0) is 21.1 Å². The Morgan fingerprint density at radius 2 is 0.885 bits per heavy atom. The predicted molar refractivity (Wildman–Crippen MR) is 212 cm³/mol. The first-order chi connectivity index (χ1) is 25.2. The molecular formula is C47H34N4Pt. The molecule has 0 bridgehead atoms. The van der Waals surface area contributed by atoms with E-state index in [0.29, 0.717) is 0 Å². The molecule has 0 amide bonds. The Morgan fingerprint density at radius 3 is 1.40 bits per heavy atom. The monoisotopic (exact) mass is 849 g/mol. The third-order valence-corrected chi connectivity index (χ3v) is 9.09. The first-order valence-electron chi connectivity index (χ1n) is 16.9. The molecule has 9 rings (SSSR count). The Balaban J connectivity index is 0.000000416. The maximum absolute atomic E-state index is 6.69. The van der Waals surface area contributed by atoms with Gasteiger partial charge in [-0.1, -0.05) is 121 Å². The van der Waals surface area contributed by atoms with E-state index in [1.54, 1.807) is 0 Å². The maximum atomic E-state index is 6.69. The molecule has 0 radical (unpaired) electrons. The van der Waals surface area contributed by atoms with Crippen LogP contribution in [0.15, 0.2) is 176 Å². The van der Waals surface area contributed by atoms with Crippen molar-refractivity contribution in [2.24, 2.45) is 0 Å². The molecule has 7 aromatic carbocycles. The fraction of sp³-hybridized carbons (Fsp3) is 0.0213. The zero-order chi connectivity index (χ0) is 34.6. The molecule has 0 saturated carbocycles. The van der Waals surface area contributed by atoms with Crippen molar-refractivity contribution in [1.29, 1.82) is 0 Å². The van der Waals surface area contributed by atoms with E-state index in [2.05, 4.69) is 198 Å². The summed E-state index contributed by atoms with van der Waals surface area (Å²) < 4.78 is 0. The van der Waals surface area contributed by atoms with Crippen molar-refractivity contribution in [3.05, 3.63) is 207 Å². The van der Waals surface area contributed by atoms with Crippen molar-refractivity contribution in [1.82, 2.24) is 0 Å². The van der Waals surface area contributed by atoms with Crippen LogP contribution in [0.4, 0.5) is 39.8 Å². The number of rotatable bonds is 5. The largest absolute Gasteiger partial charge is 4.00 e. The van der Waals surface area contributed by atoms with E-state index in [1.165, 1.54) is 27.9 Å². The molecule has 0 unspecified atom stereocenters. The van der Waals surface area contributed by atoms with Crippen LogP contribution in [0, 0.1) is 31.7 Å². The van der Waals surface area contributed by atoms with E-state index in [0.717, 1.165) is 39.7 Å². The van der Waals surface area contributed by atoms with Crippen LogP contribution in [-0.4, -0.2) is 7.05 Å². The average molecular weight is 850 g/mol. The molecule has 2 heterocycles. The van der Waals surface area contributed by atoms with Gasteiger partial charge in [0.1, 0.15) is 0 Å². The van der Waals surface area contributed by atoms with E-state index >= 15 is 0 Å². The Bertz CT molecular complexity index is 2260. The molecular weight excluding hydrogens is 816 g/mol. The van der Waals surface area contributed by atoms with Gasteiger partial charge in [-0.2, -0.15) is 12.7 Å². The molecule has 5 heteroatoms. The molecule has 0 saturated heterocycles. The number of hydrogen-bond acceptors (Lipinski definition) is 4. The number of benzene rings is 7. The standard InChI is InChI=1S/C39H29N4.C8H5.Pt/c1-40-27-41(36-23-9-8-22-35(36)40)31-18-12-19-32(26-31)42-28-43(38-25-11-10-24-37(38)42)39-33(29-14-4-2-5-15-29)20-13-21-34(39)30-16-6-3-7-17-30;1-2-8-6-4-3-5-7-8;/h2-25,27-28H,1H3;3-7H;/q-3;-1;+4. The zero-order valence-electron chi connectivity index (χ0n) is 28.5. The van der Waals surface area contributed by atoms with E-state index in [1.807, 2.05) is 30.3 Å². The van der Waals surface area contributed by atoms with Gasteiger partial charge in [0, 0.05) is 39.6 Å². The summed E-state index contributed by atoms with van der Waals surface area (Å²) in [5.41, 5.74) is 13.2. The summed E-state index contributed by atoms with van der Waals surface area (Å²) in [5, 5.41) is 0. The molecule has 252 valence electrons. The topological polar surface area (TPSA) is 13.0 Å². The van der Waals surface area contributed by atoms with E-state index in [-0.39, 0.29) is 21.1 Å². The van der Waals surface area contributed by atoms with E-state index in [9.17, 15) is 0 Å². The summed E-state index contributed by atoms with van der Waals surface area (Å²) >= 11 is 0. The van der Waals surface area contributed by atoms with Crippen LogP contribution in [0.2, 0.25) is 0 Å². The van der Waals surface area contributed by atoms with Crippen molar-refractivity contribution in [2.75, 3.05) is 26.6 Å². The van der Waals surface area contributed by atoms with Gasteiger partial charge >= 0.3 is 21.1 Å². The normalized spacial score (nSPS) is 12.6. The van der Waals surface area contributed by atoms with Crippen LogP contribution < -0.4 is 19.6 Å². The van der Waals surface area contributed by atoms with Gasteiger partial charge in [-0.3, -0.25) is 5.92 Å². The molecule has 0 atom stereocenters. The van der Waals surface area contributed by atoms with Crippen LogP contribution in [0.1, 0.15) is 5.56 Å². The van der Waals surface area contributed by atoms with E-state index < -0.39 is 0 Å². The molecule has 0 N–H and O–H groups in total. The fourth-order valence-corrected chi connectivity index (χ4v) is 6.69. The quantitative estimate of drug-likeness (QED) is 0.126. The molecule has 0 spiro atoms. The summed E-state index contributed by atoms with van der Waals surface area (Å²) in [6, 6.07) is 64.4. The summed E-state index contributed by atoms with van der Waals surface area (Å²) in [5.74, 6) is 2.28. The Kier molecular flexibility index (Phi) is 10.3. The van der Waals surface area contributed by atoms with Crippen LogP contribution in [0.5, 0.6) is 0 Å². The van der Waals surface area contributed by atoms with Crippen molar-refractivity contribution in [2.45, 2.75) is 0 Å². The number of fused-ring (bicyclic) bond motifs is 2. The van der Waals surface area contributed by atoms with Crippen LogP contribution in [0.25, 0.3) is 22.3 Å². The average Bonchev–Trinajstić information content (AvgIpc) is 3.77. The second-order valence-electron chi connectivity index (χ2n) is 12.3. The minimum absolute atomic E-state index is 0. The minimum atomic E-state index is 0. The molecule has 2 aliphatic rings. The minimum Gasteiger partial charge on any atom is -0.504 e. The summed E-state index contributed by atoms with van der Waals surface area (Å²) in [4.78, 5) is 8.95. The Morgan fingerprint density at radius 1 is 0.462 bits per heavy atom. The van der Waals surface area contributed by atoms with Gasteiger partial charge in [0.25, 0.3) is 0 Å². The molecule has 7 aromatic rings. The van der Waals surface area contributed by atoms with Crippen molar-refractivity contribution >= 4 is 39.8 Å². The Hall–Kier alpha value is -6.01. The van der Waals surface area contributed by atoms with Crippen molar-refractivity contribution in [3.8, 4) is 28.2 Å². The van der Waals surface area contributed by atoms with Gasteiger partial charge in [0.05, 0.1) is 0 Å². The van der Waals surface area contributed by atoms with Gasteiger partial charge in [-0.05, 0) is 42.4 Å². The van der Waals surface area contributed by atoms with Crippen LogP contribution in [0.3, 0.4) is 0 Å².